The predicted molar refractivity (Wildman–Crippen MR) is 74.3 cm³/mol. The Morgan fingerprint density at radius 2 is 2.26 bits per heavy atom. The summed E-state index contributed by atoms with van der Waals surface area (Å²) in [5.41, 5.74) is 7.54. The molecule has 0 bridgehead atoms. The number of benzene rings is 1. The zero-order chi connectivity index (χ0) is 13.8. The lowest BCUT2D eigenvalue weighted by Crippen LogP contribution is -2.29. The van der Waals surface area contributed by atoms with Crippen LogP contribution in [0.1, 0.15) is 30.1 Å². The molecule has 1 aromatic rings. The number of ether oxygens (including phenoxy) is 1. The van der Waals surface area contributed by atoms with Crippen LogP contribution in [0.4, 0.5) is 11.4 Å². The minimum absolute atomic E-state index is 0.0929. The second-order valence-corrected chi connectivity index (χ2v) is 4.64. The monoisotopic (exact) mass is 264 g/mol. The number of hydrogen-bond donors (Lipinski definition) is 2. The molecule has 0 aromatic heterocycles. The Morgan fingerprint density at radius 1 is 1.53 bits per heavy atom. The quantitative estimate of drug-likeness (QED) is 0.600. The van der Waals surface area contributed by atoms with Crippen molar-refractivity contribution in [1.82, 2.24) is 0 Å². The molecular weight excluding hydrogens is 244 g/mol. The first-order valence-electron chi connectivity index (χ1n) is 6.61. The van der Waals surface area contributed by atoms with E-state index < -0.39 is 5.97 Å². The number of carbonyl (C=O) groups is 1. The van der Waals surface area contributed by atoms with Crippen LogP contribution in [0.25, 0.3) is 0 Å². The second-order valence-electron chi connectivity index (χ2n) is 4.64. The van der Waals surface area contributed by atoms with E-state index in [1.165, 1.54) is 0 Å². The first kappa shape index (κ1) is 13.7. The van der Waals surface area contributed by atoms with E-state index in [-0.39, 0.29) is 6.61 Å². The summed E-state index contributed by atoms with van der Waals surface area (Å²) in [7, 11) is 0. The van der Waals surface area contributed by atoms with Crippen LogP contribution in [-0.2, 0) is 4.74 Å². The summed E-state index contributed by atoms with van der Waals surface area (Å²) in [4.78, 5) is 13.9. The lowest BCUT2D eigenvalue weighted by atomic mass is 10.1. The number of hydrogen-bond acceptors (Lipinski definition) is 5. The van der Waals surface area contributed by atoms with Crippen molar-refractivity contribution in [2.24, 2.45) is 0 Å². The molecule has 0 radical (unpaired) electrons. The van der Waals surface area contributed by atoms with Crippen LogP contribution in [-0.4, -0.2) is 36.9 Å². The summed E-state index contributed by atoms with van der Waals surface area (Å²) >= 11 is 0. The molecule has 1 aliphatic rings. The highest BCUT2D eigenvalue weighted by molar-refractivity contribution is 5.96. The first-order valence-corrected chi connectivity index (χ1v) is 6.61. The summed E-state index contributed by atoms with van der Waals surface area (Å²) in [6.07, 6.45) is 2.25. The Bertz CT molecular complexity index is 458. The molecule has 2 rings (SSSR count). The lowest BCUT2D eigenvalue weighted by Gasteiger charge is -2.24. The molecule has 1 aromatic carbocycles. The first-order chi connectivity index (χ1) is 9.17. The van der Waals surface area contributed by atoms with Gasteiger partial charge in [-0.2, -0.15) is 0 Å². The number of esters is 1. The van der Waals surface area contributed by atoms with E-state index >= 15 is 0 Å². The summed E-state index contributed by atoms with van der Waals surface area (Å²) < 4.78 is 4.99. The van der Waals surface area contributed by atoms with Crippen LogP contribution in [0, 0.1) is 0 Å². The van der Waals surface area contributed by atoms with Crippen LogP contribution in [0.2, 0.25) is 0 Å². The Morgan fingerprint density at radius 3 is 2.84 bits per heavy atom. The molecule has 0 saturated heterocycles. The van der Waals surface area contributed by atoms with Crippen LogP contribution in [0.3, 0.4) is 0 Å². The van der Waals surface area contributed by atoms with Gasteiger partial charge in [-0.1, -0.05) is 0 Å². The second kappa shape index (κ2) is 5.93. The molecule has 0 unspecified atom stereocenters. The Labute approximate surface area is 113 Å². The van der Waals surface area contributed by atoms with Crippen LogP contribution >= 0.6 is 0 Å². The Hall–Kier alpha value is -1.75. The van der Waals surface area contributed by atoms with Gasteiger partial charge >= 0.3 is 5.97 Å². The summed E-state index contributed by atoms with van der Waals surface area (Å²) in [5, 5.41) is 9.13. The van der Waals surface area contributed by atoms with Gasteiger partial charge in [-0.25, -0.2) is 4.79 Å². The van der Waals surface area contributed by atoms with Crippen molar-refractivity contribution in [3.8, 4) is 0 Å². The maximum atomic E-state index is 11.8. The normalized spacial score (nSPS) is 14.2. The van der Waals surface area contributed by atoms with Gasteiger partial charge in [0.25, 0.3) is 0 Å². The smallest absolute Gasteiger partial charge is 0.340 e. The van der Waals surface area contributed by atoms with E-state index in [9.17, 15) is 4.79 Å². The highest BCUT2D eigenvalue weighted by atomic mass is 16.5. The van der Waals surface area contributed by atoms with Gasteiger partial charge in [0.05, 0.1) is 18.8 Å². The zero-order valence-electron chi connectivity index (χ0n) is 11.1. The highest BCUT2D eigenvalue weighted by Gasteiger charge is 2.29. The van der Waals surface area contributed by atoms with Gasteiger partial charge in [0.15, 0.2) is 0 Å². The molecule has 1 saturated carbocycles. The van der Waals surface area contributed by atoms with E-state index in [4.69, 9.17) is 15.6 Å². The van der Waals surface area contributed by atoms with Gasteiger partial charge in [-0.05, 0) is 38.0 Å². The largest absolute Gasteiger partial charge is 0.462 e. The maximum absolute atomic E-state index is 11.8. The van der Waals surface area contributed by atoms with Gasteiger partial charge in [-0.3, -0.25) is 0 Å². The van der Waals surface area contributed by atoms with Gasteiger partial charge in [0, 0.05) is 24.0 Å². The number of rotatable bonds is 6. The number of anilines is 2. The summed E-state index contributed by atoms with van der Waals surface area (Å²) in [5.74, 6) is -0.401. The van der Waals surface area contributed by atoms with E-state index in [1.54, 1.807) is 19.1 Å². The lowest BCUT2D eigenvalue weighted by molar-refractivity contribution is 0.0527. The topological polar surface area (TPSA) is 75.8 Å². The fraction of sp³-hybridized carbons (Fsp3) is 0.500. The van der Waals surface area contributed by atoms with E-state index in [1.807, 2.05) is 6.07 Å². The zero-order valence-corrected chi connectivity index (χ0v) is 11.1. The minimum Gasteiger partial charge on any atom is -0.462 e. The maximum Gasteiger partial charge on any atom is 0.340 e. The number of aliphatic hydroxyl groups excluding tert-OH is 1. The van der Waals surface area contributed by atoms with E-state index in [2.05, 4.69) is 4.90 Å². The SMILES string of the molecule is CCOC(=O)c1cc(N(CCO)C2CC2)ccc1N. The molecule has 0 amide bonds. The summed E-state index contributed by atoms with van der Waals surface area (Å²) in [6.45, 7) is 2.75. The van der Waals surface area contributed by atoms with Crippen molar-refractivity contribution in [2.45, 2.75) is 25.8 Å². The molecule has 5 nitrogen and oxygen atoms in total. The van der Waals surface area contributed by atoms with Crippen LogP contribution in [0.5, 0.6) is 0 Å². The average molecular weight is 264 g/mol. The third-order valence-electron chi connectivity index (χ3n) is 3.19. The molecule has 0 spiro atoms. The fourth-order valence-corrected chi connectivity index (χ4v) is 2.12. The third kappa shape index (κ3) is 3.17. The van der Waals surface area contributed by atoms with Crippen LogP contribution < -0.4 is 10.6 Å². The molecule has 1 fully saturated rings. The number of carbonyl (C=O) groups excluding carboxylic acids is 1. The minimum atomic E-state index is -0.401. The average Bonchev–Trinajstić information content (AvgIpc) is 3.21. The molecule has 0 atom stereocenters. The third-order valence-corrected chi connectivity index (χ3v) is 3.19. The van der Waals surface area contributed by atoms with Gasteiger partial charge in [0.1, 0.15) is 0 Å². The van der Waals surface area contributed by atoms with Crippen molar-refractivity contribution in [3.63, 3.8) is 0 Å². The summed E-state index contributed by atoms with van der Waals surface area (Å²) in [6, 6.07) is 5.81. The number of nitrogen functional groups attached to an aromatic ring is 1. The molecule has 3 N–H and O–H groups in total. The number of aliphatic hydroxyl groups is 1. The van der Waals surface area contributed by atoms with Crippen molar-refractivity contribution in [1.29, 1.82) is 0 Å². The van der Waals surface area contributed by atoms with Crippen molar-refractivity contribution >= 4 is 17.3 Å². The molecule has 19 heavy (non-hydrogen) atoms. The highest BCUT2D eigenvalue weighted by Crippen LogP contribution is 2.32. The van der Waals surface area contributed by atoms with E-state index in [0.29, 0.717) is 30.4 Å². The number of nitrogens with zero attached hydrogens (tertiary/aromatic N) is 1. The number of nitrogens with two attached hydrogens (primary N) is 1. The van der Waals surface area contributed by atoms with Crippen LogP contribution in [0.15, 0.2) is 18.2 Å². The molecule has 0 heterocycles. The molecule has 104 valence electrons. The standard InChI is InChI=1S/C14H20N2O3/c1-2-19-14(18)12-9-11(5-6-13(12)15)16(7-8-17)10-3-4-10/h5-6,9-10,17H,2-4,7-8,15H2,1H3. The molecule has 0 aliphatic heterocycles. The van der Waals surface area contributed by atoms with Gasteiger partial charge < -0.3 is 20.5 Å². The van der Waals surface area contributed by atoms with Crippen molar-refractivity contribution in [2.75, 3.05) is 30.4 Å². The fourth-order valence-electron chi connectivity index (χ4n) is 2.12. The molecular formula is C14H20N2O3. The molecule has 5 heteroatoms. The van der Waals surface area contributed by atoms with Gasteiger partial charge in [0.2, 0.25) is 0 Å². The Balaban J connectivity index is 2.25. The van der Waals surface area contributed by atoms with Gasteiger partial charge in [-0.15, -0.1) is 0 Å². The Kier molecular flexibility index (Phi) is 4.27. The van der Waals surface area contributed by atoms with Crippen molar-refractivity contribution < 1.29 is 14.6 Å². The predicted octanol–water partition coefficient (Wildman–Crippen LogP) is 1.41. The molecule has 1 aliphatic carbocycles. The van der Waals surface area contributed by atoms with E-state index in [0.717, 1.165) is 18.5 Å². The van der Waals surface area contributed by atoms with Crippen molar-refractivity contribution in [3.05, 3.63) is 23.8 Å².